The van der Waals surface area contributed by atoms with Gasteiger partial charge in [-0.05, 0) is 25.0 Å². The van der Waals surface area contributed by atoms with Crippen LogP contribution in [0.3, 0.4) is 0 Å². The SMILES string of the molecule is [CH2]CCSC1CC1. The summed E-state index contributed by atoms with van der Waals surface area (Å²) in [7, 11) is 0. The molecule has 1 heteroatoms. The molecule has 0 atom stereocenters. The molecule has 41 valence electrons. The topological polar surface area (TPSA) is 0 Å². The largest absolute Gasteiger partial charge is 0.159 e. The Kier molecular flexibility index (Phi) is 2.04. The van der Waals surface area contributed by atoms with Gasteiger partial charge in [0.25, 0.3) is 0 Å². The average molecular weight is 115 g/mol. The van der Waals surface area contributed by atoms with Crippen LogP contribution in [0, 0.1) is 6.92 Å². The molecule has 0 amide bonds. The van der Waals surface area contributed by atoms with Crippen molar-refractivity contribution in [1.82, 2.24) is 0 Å². The van der Waals surface area contributed by atoms with E-state index in [1.54, 1.807) is 0 Å². The highest BCUT2D eigenvalue weighted by molar-refractivity contribution is 8.00. The molecule has 0 nitrogen and oxygen atoms in total. The van der Waals surface area contributed by atoms with Crippen molar-refractivity contribution in [3.63, 3.8) is 0 Å². The van der Waals surface area contributed by atoms with Crippen LogP contribution in [0.1, 0.15) is 19.3 Å². The maximum absolute atomic E-state index is 3.76. The first-order chi connectivity index (χ1) is 3.43. The number of rotatable bonds is 3. The third-order valence-electron chi connectivity index (χ3n) is 1.02. The highest BCUT2D eigenvalue weighted by Gasteiger charge is 2.20. The lowest BCUT2D eigenvalue weighted by atomic mass is 10.6. The van der Waals surface area contributed by atoms with Gasteiger partial charge in [-0.3, -0.25) is 0 Å². The van der Waals surface area contributed by atoms with Gasteiger partial charge in [0.2, 0.25) is 0 Å². The van der Waals surface area contributed by atoms with Gasteiger partial charge in [0.15, 0.2) is 0 Å². The fraction of sp³-hybridized carbons (Fsp3) is 0.833. The van der Waals surface area contributed by atoms with Crippen LogP contribution in [0.15, 0.2) is 0 Å². The number of hydrogen-bond acceptors (Lipinski definition) is 1. The lowest BCUT2D eigenvalue weighted by Gasteiger charge is -1.89. The maximum Gasteiger partial charge on any atom is 0.00478 e. The Morgan fingerprint density at radius 2 is 2.29 bits per heavy atom. The van der Waals surface area contributed by atoms with Crippen LogP contribution >= 0.6 is 11.8 Å². The standard InChI is InChI=1S/C6H11S/c1-2-5-7-6-3-4-6/h6H,1-5H2. The molecule has 1 aliphatic carbocycles. The van der Waals surface area contributed by atoms with Crippen LogP contribution in [-0.2, 0) is 0 Å². The fourth-order valence-corrected chi connectivity index (χ4v) is 1.45. The van der Waals surface area contributed by atoms with Crippen LogP contribution in [0.5, 0.6) is 0 Å². The quantitative estimate of drug-likeness (QED) is 0.543. The molecule has 0 saturated heterocycles. The number of hydrogen-bond donors (Lipinski definition) is 0. The molecule has 0 aromatic carbocycles. The highest BCUT2D eigenvalue weighted by Crippen LogP contribution is 2.33. The second-order valence-corrected chi connectivity index (χ2v) is 3.33. The van der Waals surface area contributed by atoms with Crippen molar-refractivity contribution < 1.29 is 0 Å². The van der Waals surface area contributed by atoms with Gasteiger partial charge >= 0.3 is 0 Å². The van der Waals surface area contributed by atoms with Crippen LogP contribution < -0.4 is 0 Å². The molecule has 1 aliphatic rings. The summed E-state index contributed by atoms with van der Waals surface area (Å²) in [5.74, 6) is 1.27. The van der Waals surface area contributed by atoms with Gasteiger partial charge in [0.05, 0.1) is 0 Å². The zero-order valence-electron chi connectivity index (χ0n) is 4.52. The van der Waals surface area contributed by atoms with Crippen molar-refractivity contribution in [3.05, 3.63) is 6.92 Å². The summed E-state index contributed by atoms with van der Waals surface area (Å²) in [4.78, 5) is 0. The van der Waals surface area contributed by atoms with Crippen molar-refractivity contribution in [2.75, 3.05) is 5.75 Å². The third-order valence-corrected chi connectivity index (χ3v) is 2.49. The van der Waals surface area contributed by atoms with E-state index in [1.807, 2.05) is 0 Å². The third kappa shape index (κ3) is 2.22. The molecular formula is C6H11S. The summed E-state index contributed by atoms with van der Waals surface area (Å²) in [5.41, 5.74) is 0. The summed E-state index contributed by atoms with van der Waals surface area (Å²) in [6.07, 6.45) is 4.02. The average Bonchev–Trinajstić information content (AvgIpc) is 2.42. The van der Waals surface area contributed by atoms with E-state index in [1.165, 1.54) is 18.6 Å². The van der Waals surface area contributed by atoms with E-state index in [-0.39, 0.29) is 0 Å². The van der Waals surface area contributed by atoms with E-state index in [4.69, 9.17) is 0 Å². The minimum absolute atomic E-state index is 1.03. The molecule has 1 saturated carbocycles. The molecule has 0 aromatic rings. The highest BCUT2D eigenvalue weighted by atomic mass is 32.2. The molecule has 0 heterocycles. The predicted molar refractivity (Wildman–Crippen MR) is 35.5 cm³/mol. The predicted octanol–water partition coefficient (Wildman–Crippen LogP) is 2.11. The van der Waals surface area contributed by atoms with Gasteiger partial charge in [0.1, 0.15) is 0 Å². The van der Waals surface area contributed by atoms with E-state index in [2.05, 4.69) is 18.7 Å². The van der Waals surface area contributed by atoms with Crippen molar-refractivity contribution in [2.24, 2.45) is 0 Å². The van der Waals surface area contributed by atoms with Crippen molar-refractivity contribution in [2.45, 2.75) is 24.5 Å². The smallest absolute Gasteiger partial charge is 0.00478 e. The summed E-state index contributed by atoms with van der Waals surface area (Å²) in [6, 6.07) is 0. The molecule has 0 spiro atoms. The Hall–Kier alpha value is 0.350. The first kappa shape index (κ1) is 5.49. The first-order valence-corrected chi connectivity index (χ1v) is 3.89. The molecule has 0 aromatic heterocycles. The molecule has 0 aliphatic heterocycles. The summed E-state index contributed by atoms with van der Waals surface area (Å²) in [5, 5.41) is 1.03. The Bertz CT molecular complexity index is 48.1. The molecule has 1 fully saturated rings. The van der Waals surface area contributed by atoms with E-state index >= 15 is 0 Å². The van der Waals surface area contributed by atoms with Gasteiger partial charge < -0.3 is 0 Å². The Morgan fingerprint density at radius 3 is 2.71 bits per heavy atom. The van der Waals surface area contributed by atoms with E-state index in [0.29, 0.717) is 0 Å². The van der Waals surface area contributed by atoms with E-state index in [0.717, 1.165) is 11.7 Å². The van der Waals surface area contributed by atoms with Crippen LogP contribution in [0.4, 0.5) is 0 Å². The Balaban J connectivity index is 1.80. The van der Waals surface area contributed by atoms with Crippen LogP contribution in [-0.4, -0.2) is 11.0 Å². The molecule has 0 N–H and O–H groups in total. The van der Waals surface area contributed by atoms with Crippen molar-refractivity contribution >= 4 is 11.8 Å². The van der Waals surface area contributed by atoms with E-state index in [9.17, 15) is 0 Å². The lowest BCUT2D eigenvalue weighted by Crippen LogP contribution is -1.75. The molecule has 0 bridgehead atoms. The second kappa shape index (κ2) is 2.61. The maximum atomic E-state index is 3.76. The number of thioether (sulfide) groups is 1. The van der Waals surface area contributed by atoms with Crippen molar-refractivity contribution in [1.29, 1.82) is 0 Å². The summed E-state index contributed by atoms with van der Waals surface area (Å²) < 4.78 is 0. The second-order valence-electron chi connectivity index (χ2n) is 1.92. The minimum Gasteiger partial charge on any atom is -0.159 e. The molecule has 7 heavy (non-hydrogen) atoms. The van der Waals surface area contributed by atoms with Gasteiger partial charge in [-0.25, -0.2) is 0 Å². The monoisotopic (exact) mass is 115 g/mol. The normalized spacial score (nSPS) is 20.1. The summed E-state index contributed by atoms with van der Waals surface area (Å²) in [6.45, 7) is 3.76. The zero-order chi connectivity index (χ0) is 5.11. The molecular weight excluding hydrogens is 104 g/mol. The molecule has 1 radical (unpaired) electrons. The Morgan fingerprint density at radius 1 is 1.57 bits per heavy atom. The van der Waals surface area contributed by atoms with Gasteiger partial charge in [-0.2, -0.15) is 11.8 Å². The fourth-order valence-electron chi connectivity index (χ4n) is 0.485. The zero-order valence-corrected chi connectivity index (χ0v) is 5.34. The van der Waals surface area contributed by atoms with Crippen LogP contribution in [0.25, 0.3) is 0 Å². The van der Waals surface area contributed by atoms with Gasteiger partial charge in [0, 0.05) is 5.25 Å². The Labute approximate surface area is 49.7 Å². The van der Waals surface area contributed by atoms with Gasteiger partial charge in [-0.1, -0.05) is 6.92 Å². The van der Waals surface area contributed by atoms with Gasteiger partial charge in [-0.15, -0.1) is 0 Å². The van der Waals surface area contributed by atoms with E-state index < -0.39 is 0 Å². The molecule has 0 unspecified atom stereocenters. The minimum atomic E-state index is 1.03. The first-order valence-electron chi connectivity index (χ1n) is 2.84. The lowest BCUT2D eigenvalue weighted by molar-refractivity contribution is 1.24. The van der Waals surface area contributed by atoms with Crippen molar-refractivity contribution in [3.8, 4) is 0 Å². The summed E-state index contributed by atoms with van der Waals surface area (Å²) >= 11 is 2.08. The van der Waals surface area contributed by atoms with Crippen LogP contribution in [0.2, 0.25) is 0 Å². The molecule has 1 rings (SSSR count).